The molecule has 84 valence electrons. The van der Waals surface area contributed by atoms with Crippen LogP contribution in [0.1, 0.15) is 43.5 Å². The largest absolute Gasteiger partial charge is 0.487 e. The molecule has 2 atom stereocenters. The average molecular weight is 219 g/mol. The van der Waals surface area contributed by atoms with Crippen molar-refractivity contribution in [1.29, 1.82) is 5.26 Å². The lowest BCUT2D eigenvalue weighted by atomic mass is 10.0. The van der Waals surface area contributed by atoms with E-state index in [9.17, 15) is 4.39 Å². The fourth-order valence-electron chi connectivity index (χ4n) is 1.97. The van der Waals surface area contributed by atoms with Crippen LogP contribution in [-0.4, -0.2) is 6.10 Å². The van der Waals surface area contributed by atoms with Gasteiger partial charge in [-0.25, -0.2) is 4.39 Å². The Morgan fingerprint density at radius 3 is 3.00 bits per heavy atom. The molecule has 2 unspecified atom stereocenters. The zero-order valence-corrected chi connectivity index (χ0v) is 9.24. The van der Waals surface area contributed by atoms with Crippen molar-refractivity contribution in [3.63, 3.8) is 0 Å². The fourth-order valence-corrected chi connectivity index (χ4v) is 1.97. The van der Waals surface area contributed by atoms with Gasteiger partial charge in [0.2, 0.25) is 0 Å². The molecule has 2 rings (SSSR count). The molecule has 1 aliphatic heterocycles. The number of nitrogens with zero attached hydrogens (tertiary/aromatic N) is 1. The molecule has 0 saturated carbocycles. The van der Waals surface area contributed by atoms with Crippen LogP contribution < -0.4 is 4.74 Å². The summed E-state index contributed by atoms with van der Waals surface area (Å²) < 4.78 is 19.5. The molecule has 0 N–H and O–H groups in total. The molecule has 0 bridgehead atoms. The summed E-state index contributed by atoms with van der Waals surface area (Å²) in [4.78, 5) is 0. The summed E-state index contributed by atoms with van der Waals surface area (Å²) in [5.41, 5.74) is 1.10. The first-order valence-electron chi connectivity index (χ1n) is 5.61. The lowest BCUT2D eigenvalue weighted by Crippen LogP contribution is -2.15. The van der Waals surface area contributed by atoms with Gasteiger partial charge >= 0.3 is 0 Å². The molecular formula is C13H14FNO. The van der Waals surface area contributed by atoms with E-state index in [-0.39, 0.29) is 6.10 Å². The van der Waals surface area contributed by atoms with E-state index in [1.54, 1.807) is 18.2 Å². The molecule has 3 heteroatoms. The van der Waals surface area contributed by atoms with Crippen molar-refractivity contribution in [2.45, 2.75) is 38.5 Å². The molecule has 16 heavy (non-hydrogen) atoms. The van der Waals surface area contributed by atoms with Gasteiger partial charge < -0.3 is 4.74 Å². The first kappa shape index (κ1) is 10.9. The van der Waals surface area contributed by atoms with Gasteiger partial charge in [0.1, 0.15) is 11.9 Å². The summed E-state index contributed by atoms with van der Waals surface area (Å²) in [5, 5.41) is 8.74. The summed E-state index contributed by atoms with van der Waals surface area (Å²) in [7, 11) is 0. The number of hydrogen-bond acceptors (Lipinski definition) is 2. The second-order valence-electron chi connectivity index (χ2n) is 4.06. The molecule has 0 saturated heterocycles. The predicted octanol–water partition coefficient (Wildman–Crippen LogP) is 3.52. The van der Waals surface area contributed by atoms with Gasteiger partial charge in [0.15, 0.2) is 6.17 Å². The summed E-state index contributed by atoms with van der Waals surface area (Å²) in [6.45, 7) is 2.07. The van der Waals surface area contributed by atoms with E-state index < -0.39 is 6.17 Å². The van der Waals surface area contributed by atoms with Crippen LogP contribution >= 0.6 is 0 Å². The molecule has 1 aromatic rings. The molecule has 0 aromatic heterocycles. The number of halogens is 1. The summed E-state index contributed by atoms with van der Waals surface area (Å²) in [6.07, 6.45) is 1.31. The quantitative estimate of drug-likeness (QED) is 0.779. The number of fused-ring (bicyclic) bond motifs is 1. The van der Waals surface area contributed by atoms with E-state index in [1.165, 1.54) is 0 Å². The molecule has 0 fully saturated rings. The Balaban J connectivity index is 2.18. The smallest absolute Gasteiger partial charge is 0.165 e. The average Bonchev–Trinajstić information content (AvgIpc) is 2.63. The van der Waals surface area contributed by atoms with Crippen molar-refractivity contribution >= 4 is 0 Å². The molecule has 0 spiro atoms. The minimum atomic E-state index is -1.05. The minimum Gasteiger partial charge on any atom is -0.487 e. The first-order chi connectivity index (χ1) is 7.76. The Kier molecular flexibility index (Phi) is 3.09. The van der Waals surface area contributed by atoms with Crippen LogP contribution in [0.25, 0.3) is 0 Å². The zero-order valence-electron chi connectivity index (χ0n) is 9.24. The molecular weight excluding hydrogens is 205 g/mol. The van der Waals surface area contributed by atoms with Crippen LogP contribution in [0.4, 0.5) is 4.39 Å². The Morgan fingerprint density at radius 2 is 2.31 bits per heavy atom. The Hall–Kier alpha value is -1.56. The molecule has 2 nitrogen and oxygen atoms in total. The number of unbranched alkanes of at least 4 members (excludes halogenated alkanes) is 1. The van der Waals surface area contributed by atoms with E-state index in [0.717, 1.165) is 19.3 Å². The van der Waals surface area contributed by atoms with E-state index in [2.05, 4.69) is 6.92 Å². The molecule has 0 amide bonds. The molecule has 0 radical (unpaired) electrons. The van der Waals surface area contributed by atoms with E-state index in [4.69, 9.17) is 10.00 Å². The Bertz CT molecular complexity index is 424. The minimum absolute atomic E-state index is 0.371. The van der Waals surface area contributed by atoms with Crippen LogP contribution in [0, 0.1) is 11.3 Å². The van der Waals surface area contributed by atoms with Crippen molar-refractivity contribution in [2.75, 3.05) is 0 Å². The number of hydrogen-bond donors (Lipinski definition) is 0. The monoisotopic (exact) mass is 219 g/mol. The van der Waals surface area contributed by atoms with Gasteiger partial charge in [-0.1, -0.05) is 19.4 Å². The highest BCUT2D eigenvalue weighted by atomic mass is 19.1. The van der Waals surface area contributed by atoms with Crippen LogP contribution in [0.5, 0.6) is 5.75 Å². The summed E-state index contributed by atoms with van der Waals surface area (Å²) in [5.74, 6) is 0.535. The number of benzene rings is 1. The predicted molar refractivity (Wildman–Crippen MR) is 58.9 cm³/mol. The maximum atomic E-state index is 13.9. The molecule has 0 aliphatic carbocycles. The van der Waals surface area contributed by atoms with Crippen LogP contribution in [0.15, 0.2) is 18.2 Å². The number of nitriles is 1. The third kappa shape index (κ3) is 1.88. The van der Waals surface area contributed by atoms with Crippen molar-refractivity contribution < 1.29 is 9.13 Å². The number of rotatable bonds is 3. The van der Waals surface area contributed by atoms with Gasteiger partial charge in [-0.05, 0) is 25.0 Å². The highest BCUT2D eigenvalue weighted by molar-refractivity contribution is 5.46. The van der Waals surface area contributed by atoms with Crippen LogP contribution in [0.2, 0.25) is 0 Å². The number of alkyl halides is 1. The van der Waals surface area contributed by atoms with Gasteiger partial charge in [0.05, 0.1) is 11.6 Å². The summed E-state index contributed by atoms with van der Waals surface area (Å²) in [6, 6.07) is 6.94. The van der Waals surface area contributed by atoms with Gasteiger partial charge in [0.25, 0.3) is 0 Å². The fraction of sp³-hybridized carbons (Fsp3) is 0.462. The third-order valence-corrected chi connectivity index (χ3v) is 2.89. The van der Waals surface area contributed by atoms with Crippen molar-refractivity contribution in [3.05, 3.63) is 29.3 Å². The van der Waals surface area contributed by atoms with Crippen LogP contribution in [-0.2, 0) is 0 Å². The van der Waals surface area contributed by atoms with Gasteiger partial charge in [-0.2, -0.15) is 5.26 Å². The maximum absolute atomic E-state index is 13.9. The van der Waals surface area contributed by atoms with E-state index in [1.807, 2.05) is 6.07 Å². The Labute approximate surface area is 94.7 Å². The Morgan fingerprint density at radius 1 is 1.50 bits per heavy atom. The second kappa shape index (κ2) is 4.52. The lowest BCUT2D eigenvalue weighted by molar-refractivity contribution is 0.127. The molecule has 1 aromatic carbocycles. The maximum Gasteiger partial charge on any atom is 0.165 e. The standard InChI is InChI=1S/C13H14FNO/c1-2-3-4-11-13(14)10-6-5-9(8-15)7-12(10)16-11/h5-7,11,13H,2-4H2,1H3. The molecule has 1 aliphatic rings. The van der Waals surface area contributed by atoms with Crippen molar-refractivity contribution in [3.8, 4) is 11.8 Å². The van der Waals surface area contributed by atoms with E-state index >= 15 is 0 Å². The highest BCUT2D eigenvalue weighted by Gasteiger charge is 2.33. The topological polar surface area (TPSA) is 33.0 Å². The van der Waals surface area contributed by atoms with Gasteiger partial charge in [-0.15, -0.1) is 0 Å². The van der Waals surface area contributed by atoms with Crippen molar-refractivity contribution in [1.82, 2.24) is 0 Å². The highest BCUT2D eigenvalue weighted by Crippen LogP contribution is 2.41. The van der Waals surface area contributed by atoms with Crippen LogP contribution in [0.3, 0.4) is 0 Å². The second-order valence-corrected chi connectivity index (χ2v) is 4.06. The number of ether oxygens (including phenoxy) is 1. The normalized spacial score (nSPS) is 22.3. The molecule has 1 heterocycles. The van der Waals surface area contributed by atoms with E-state index in [0.29, 0.717) is 16.9 Å². The third-order valence-electron chi connectivity index (χ3n) is 2.89. The summed E-state index contributed by atoms with van der Waals surface area (Å²) >= 11 is 0. The van der Waals surface area contributed by atoms with Crippen molar-refractivity contribution in [2.24, 2.45) is 0 Å². The SMILES string of the molecule is CCCCC1Oc2cc(C#N)ccc2C1F. The zero-order chi connectivity index (χ0) is 11.5. The van der Waals surface area contributed by atoms with Gasteiger partial charge in [0, 0.05) is 5.56 Å². The van der Waals surface area contributed by atoms with Gasteiger partial charge in [-0.3, -0.25) is 0 Å². The lowest BCUT2D eigenvalue weighted by Gasteiger charge is -2.11. The first-order valence-corrected chi connectivity index (χ1v) is 5.61.